The monoisotopic (exact) mass is 324 g/mol. The Morgan fingerprint density at radius 3 is 1.88 bits per heavy atom. The van der Waals surface area contributed by atoms with E-state index in [1.54, 1.807) is 40.1 Å². The van der Waals surface area contributed by atoms with Crippen LogP contribution >= 0.6 is 0 Å². The Hall–Kier alpha value is -2.66. The van der Waals surface area contributed by atoms with Gasteiger partial charge in [-0.3, -0.25) is 9.59 Å². The average molecular weight is 324 g/mol. The quantitative estimate of drug-likeness (QED) is 0.799. The highest BCUT2D eigenvalue weighted by Gasteiger charge is 2.35. The first-order chi connectivity index (χ1) is 11.4. The van der Waals surface area contributed by atoms with Gasteiger partial charge in [-0.1, -0.05) is 24.3 Å². The maximum Gasteiger partial charge on any atom is 0.196 e. The fourth-order valence-corrected chi connectivity index (χ4v) is 3.30. The molecule has 0 saturated carbocycles. The summed E-state index contributed by atoms with van der Waals surface area (Å²) in [6, 6.07) is 8.67. The van der Waals surface area contributed by atoms with Crippen LogP contribution < -0.4 is 9.80 Å². The Labute approximate surface area is 141 Å². The number of carbonyl (C=O) groups excluding carboxylic acids is 2. The average Bonchev–Trinajstić information content (AvgIpc) is 2.57. The van der Waals surface area contributed by atoms with Crippen LogP contribution in [0, 0.1) is 0 Å². The molecule has 24 heavy (non-hydrogen) atoms. The lowest BCUT2D eigenvalue weighted by Gasteiger charge is -2.30. The topological polar surface area (TPSA) is 60.9 Å². The molecule has 0 atom stereocenters. The van der Waals surface area contributed by atoms with E-state index in [1.165, 1.54) is 0 Å². The molecule has 0 fully saturated rings. The van der Waals surface area contributed by atoms with Crippen LogP contribution in [0.25, 0.3) is 0 Å². The molecule has 0 amide bonds. The van der Waals surface area contributed by atoms with Crippen LogP contribution in [-0.4, -0.2) is 44.9 Å². The summed E-state index contributed by atoms with van der Waals surface area (Å²) in [6.07, 6.45) is 0. The van der Waals surface area contributed by atoms with Gasteiger partial charge in [0.2, 0.25) is 0 Å². The molecule has 0 bridgehead atoms. The Morgan fingerprint density at radius 2 is 1.42 bits per heavy atom. The Morgan fingerprint density at radius 1 is 0.875 bits per heavy atom. The minimum Gasteiger partial charge on any atom is -0.392 e. The Balaban J connectivity index is 2.45. The first kappa shape index (κ1) is 16.2. The van der Waals surface area contributed by atoms with E-state index in [2.05, 4.69) is 0 Å². The zero-order chi connectivity index (χ0) is 17.6. The number of rotatable bonds is 3. The smallest absolute Gasteiger partial charge is 0.196 e. The van der Waals surface area contributed by atoms with E-state index in [0.29, 0.717) is 39.2 Å². The van der Waals surface area contributed by atoms with Gasteiger partial charge >= 0.3 is 0 Å². The van der Waals surface area contributed by atoms with Crippen LogP contribution in [-0.2, 0) is 6.61 Å². The predicted molar refractivity (Wildman–Crippen MR) is 94.3 cm³/mol. The van der Waals surface area contributed by atoms with Crippen molar-refractivity contribution in [2.45, 2.75) is 6.61 Å². The maximum atomic E-state index is 13.1. The number of carbonyl (C=O) groups is 2. The van der Waals surface area contributed by atoms with Crippen LogP contribution in [0.2, 0.25) is 0 Å². The minimum atomic E-state index is -0.204. The number of aliphatic hydroxyl groups is 1. The lowest BCUT2D eigenvalue weighted by molar-refractivity contribution is 0.0979. The van der Waals surface area contributed by atoms with Crippen molar-refractivity contribution in [1.82, 2.24) is 0 Å². The SMILES string of the molecule is CN(C)c1cc(CO)c(N(C)C)c2c1C(=O)c1ccccc1C2=O. The first-order valence-corrected chi connectivity index (χ1v) is 7.72. The van der Waals surface area contributed by atoms with Gasteiger partial charge in [-0.15, -0.1) is 0 Å². The summed E-state index contributed by atoms with van der Waals surface area (Å²) in [4.78, 5) is 29.8. The molecule has 0 spiro atoms. The van der Waals surface area contributed by atoms with Crippen molar-refractivity contribution in [3.63, 3.8) is 0 Å². The van der Waals surface area contributed by atoms with E-state index in [-0.39, 0.29) is 18.2 Å². The van der Waals surface area contributed by atoms with Crippen LogP contribution in [0.4, 0.5) is 11.4 Å². The number of aliphatic hydroxyl groups excluding tert-OH is 1. The molecule has 0 radical (unpaired) electrons. The maximum absolute atomic E-state index is 13.1. The van der Waals surface area contributed by atoms with Gasteiger partial charge in [0.1, 0.15) is 0 Å². The zero-order valence-corrected chi connectivity index (χ0v) is 14.3. The van der Waals surface area contributed by atoms with Crippen molar-refractivity contribution in [3.05, 3.63) is 58.1 Å². The molecule has 5 nitrogen and oxygen atoms in total. The summed E-state index contributed by atoms with van der Waals surface area (Å²) in [6.45, 7) is -0.204. The van der Waals surface area contributed by atoms with Crippen LogP contribution in [0.1, 0.15) is 37.4 Å². The molecule has 1 aliphatic carbocycles. The van der Waals surface area contributed by atoms with Crippen LogP contribution in [0.15, 0.2) is 30.3 Å². The van der Waals surface area contributed by atoms with Crippen molar-refractivity contribution in [3.8, 4) is 0 Å². The van der Waals surface area contributed by atoms with Gasteiger partial charge in [0.05, 0.1) is 23.4 Å². The van der Waals surface area contributed by atoms with E-state index in [1.807, 2.05) is 28.2 Å². The molecule has 124 valence electrons. The summed E-state index contributed by atoms with van der Waals surface area (Å²) < 4.78 is 0. The third kappa shape index (κ3) is 2.20. The molecular weight excluding hydrogens is 304 g/mol. The molecule has 2 aromatic carbocycles. The van der Waals surface area contributed by atoms with E-state index in [9.17, 15) is 14.7 Å². The van der Waals surface area contributed by atoms with Gasteiger partial charge < -0.3 is 14.9 Å². The highest BCUT2D eigenvalue weighted by atomic mass is 16.3. The van der Waals surface area contributed by atoms with E-state index < -0.39 is 0 Å². The second kappa shape index (κ2) is 5.76. The molecule has 0 heterocycles. The van der Waals surface area contributed by atoms with Crippen LogP contribution in [0.5, 0.6) is 0 Å². The number of hydrogen-bond acceptors (Lipinski definition) is 5. The molecule has 5 heteroatoms. The van der Waals surface area contributed by atoms with Crippen molar-refractivity contribution in [2.75, 3.05) is 38.0 Å². The second-order valence-corrected chi connectivity index (χ2v) is 6.30. The Bertz CT molecular complexity index is 854. The highest BCUT2D eigenvalue weighted by molar-refractivity contribution is 6.32. The molecule has 3 rings (SSSR count). The third-order valence-electron chi connectivity index (χ3n) is 4.33. The van der Waals surface area contributed by atoms with Gasteiger partial charge in [0, 0.05) is 50.6 Å². The fourth-order valence-electron chi connectivity index (χ4n) is 3.30. The first-order valence-electron chi connectivity index (χ1n) is 7.72. The van der Waals surface area contributed by atoms with Gasteiger partial charge in [-0.05, 0) is 6.07 Å². The van der Waals surface area contributed by atoms with Crippen molar-refractivity contribution in [1.29, 1.82) is 0 Å². The molecule has 1 aliphatic rings. The van der Waals surface area contributed by atoms with E-state index in [0.717, 1.165) is 0 Å². The second-order valence-electron chi connectivity index (χ2n) is 6.30. The molecule has 0 aromatic heterocycles. The minimum absolute atomic E-state index is 0.156. The highest BCUT2D eigenvalue weighted by Crippen LogP contribution is 2.40. The number of fused-ring (bicyclic) bond motifs is 2. The summed E-state index contributed by atoms with van der Waals surface area (Å²) in [5.41, 5.74) is 3.50. The van der Waals surface area contributed by atoms with Gasteiger partial charge in [-0.25, -0.2) is 0 Å². The Kier molecular flexibility index (Phi) is 3.89. The summed E-state index contributed by atoms with van der Waals surface area (Å²) in [7, 11) is 7.26. The molecule has 1 N–H and O–H groups in total. The fraction of sp³-hybridized carbons (Fsp3) is 0.263. The molecular formula is C19H20N2O3. The summed E-state index contributed by atoms with van der Waals surface area (Å²) in [5.74, 6) is -0.334. The predicted octanol–water partition coefficient (Wildman–Crippen LogP) is 2.09. The van der Waals surface area contributed by atoms with Gasteiger partial charge in [-0.2, -0.15) is 0 Å². The zero-order valence-electron chi connectivity index (χ0n) is 14.3. The largest absolute Gasteiger partial charge is 0.392 e. The molecule has 0 saturated heterocycles. The molecule has 2 aromatic rings. The number of hydrogen-bond donors (Lipinski definition) is 1. The van der Waals surface area contributed by atoms with Crippen LogP contribution in [0.3, 0.4) is 0 Å². The van der Waals surface area contributed by atoms with Gasteiger partial charge in [0.15, 0.2) is 11.6 Å². The molecule has 0 aliphatic heterocycles. The third-order valence-corrected chi connectivity index (χ3v) is 4.33. The summed E-state index contributed by atoms with van der Waals surface area (Å²) in [5, 5.41) is 9.78. The number of nitrogens with zero attached hydrogens (tertiary/aromatic N) is 2. The van der Waals surface area contributed by atoms with Crippen molar-refractivity contribution in [2.24, 2.45) is 0 Å². The van der Waals surface area contributed by atoms with Crippen molar-refractivity contribution < 1.29 is 14.7 Å². The standard InChI is InChI=1S/C19H20N2O3/c1-20(2)14-9-11(10-22)17(21(3)4)16-15(14)18(23)12-7-5-6-8-13(12)19(16)24/h5-9,22H,10H2,1-4H3. The van der Waals surface area contributed by atoms with Gasteiger partial charge in [0.25, 0.3) is 0 Å². The number of benzene rings is 2. The van der Waals surface area contributed by atoms with E-state index in [4.69, 9.17) is 0 Å². The number of anilines is 2. The lowest BCUT2D eigenvalue weighted by Crippen LogP contribution is -2.28. The molecule has 0 unspecified atom stereocenters. The van der Waals surface area contributed by atoms with Crippen molar-refractivity contribution >= 4 is 22.9 Å². The number of ketones is 2. The van der Waals surface area contributed by atoms with E-state index >= 15 is 0 Å². The normalized spacial score (nSPS) is 12.7. The summed E-state index contributed by atoms with van der Waals surface area (Å²) >= 11 is 0. The lowest BCUT2D eigenvalue weighted by atomic mass is 9.80.